The highest BCUT2D eigenvalue weighted by Crippen LogP contribution is 2.52. The van der Waals surface area contributed by atoms with E-state index < -0.39 is 0 Å². The van der Waals surface area contributed by atoms with Crippen LogP contribution in [0.4, 0.5) is 0 Å². The molecular weight excluding hydrogens is 358 g/mol. The Morgan fingerprint density at radius 2 is 2.25 bits per heavy atom. The molecule has 5 nitrogen and oxygen atoms in total. The molecular formula is C12H8BrN5S2. The summed E-state index contributed by atoms with van der Waals surface area (Å²) >= 11 is 6.74. The topological polar surface area (TPSA) is 67.4 Å². The molecule has 1 aliphatic heterocycles. The molecule has 100 valence electrons. The Hall–Kier alpha value is -1.30. The number of allylic oxidation sites excluding steroid dienone is 1. The van der Waals surface area contributed by atoms with E-state index in [4.69, 9.17) is 0 Å². The summed E-state index contributed by atoms with van der Waals surface area (Å²) in [6, 6.07) is 2.25. The largest absolute Gasteiger partial charge is 0.296 e. The number of hydrogen-bond acceptors (Lipinski definition) is 6. The maximum atomic E-state index is 9.35. The smallest absolute Gasteiger partial charge is 0.145 e. The molecule has 1 fully saturated rings. The Bertz CT molecular complexity index is 692. The molecule has 0 radical (unpaired) electrons. The zero-order valence-electron chi connectivity index (χ0n) is 10.1. The Balaban J connectivity index is 1.90. The first-order valence-corrected chi connectivity index (χ1v) is 8.34. The van der Waals surface area contributed by atoms with Crippen molar-refractivity contribution in [1.29, 1.82) is 5.26 Å². The van der Waals surface area contributed by atoms with Crippen molar-refractivity contribution in [3.63, 3.8) is 0 Å². The normalized spacial score (nSPS) is 20.7. The van der Waals surface area contributed by atoms with Crippen LogP contribution in [0.1, 0.15) is 10.9 Å². The standard InChI is InChI=1S/C12H8BrN5S2/c13-11-10(16-1-2-17-11)9-6-19-12(20-9)8(5-14)18-4-3-15-7-18/h1-4,7,9H,6H2. The van der Waals surface area contributed by atoms with Crippen molar-refractivity contribution >= 4 is 45.2 Å². The van der Waals surface area contributed by atoms with Crippen LogP contribution < -0.4 is 0 Å². The van der Waals surface area contributed by atoms with Crippen molar-refractivity contribution in [2.75, 3.05) is 5.75 Å². The summed E-state index contributed by atoms with van der Waals surface area (Å²) in [5.74, 6) is 0.872. The van der Waals surface area contributed by atoms with Gasteiger partial charge in [0.2, 0.25) is 0 Å². The lowest BCUT2D eigenvalue weighted by Crippen LogP contribution is -1.98. The summed E-state index contributed by atoms with van der Waals surface area (Å²) in [6.45, 7) is 0. The molecule has 20 heavy (non-hydrogen) atoms. The first-order chi connectivity index (χ1) is 9.79. The molecule has 1 unspecified atom stereocenters. The maximum absolute atomic E-state index is 9.35. The van der Waals surface area contributed by atoms with Gasteiger partial charge in [0.1, 0.15) is 16.4 Å². The minimum Gasteiger partial charge on any atom is -0.296 e. The molecule has 2 aromatic heterocycles. The van der Waals surface area contributed by atoms with Gasteiger partial charge in [-0.1, -0.05) is 0 Å². The minimum absolute atomic E-state index is 0.199. The Labute approximate surface area is 132 Å². The van der Waals surface area contributed by atoms with E-state index in [9.17, 15) is 5.26 Å². The fourth-order valence-electron chi connectivity index (χ4n) is 1.76. The number of hydrogen-bond donors (Lipinski definition) is 0. The van der Waals surface area contributed by atoms with Crippen molar-refractivity contribution in [2.24, 2.45) is 0 Å². The first kappa shape index (κ1) is 13.7. The van der Waals surface area contributed by atoms with Gasteiger partial charge >= 0.3 is 0 Å². The van der Waals surface area contributed by atoms with Crippen molar-refractivity contribution in [3.8, 4) is 6.07 Å². The van der Waals surface area contributed by atoms with Gasteiger partial charge < -0.3 is 0 Å². The summed E-state index contributed by atoms with van der Waals surface area (Å²) < 4.78 is 3.50. The summed E-state index contributed by atoms with van der Waals surface area (Å²) in [5, 5.41) is 9.55. The lowest BCUT2D eigenvalue weighted by atomic mass is 10.3. The molecule has 0 amide bonds. The van der Waals surface area contributed by atoms with Crippen molar-refractivity contribution in [3.05, 3.63) is 45.6 Å². The summed E-state index contributed by atoms with van der Waals surface area (Å²) in [6.07, 6.45) is 8.42. The lowest BCUT2D eigenvalue weighted by molar-refractivity contribution is 0.973. The molecule has 1 atom stereocenters. The molecule has 0 aromatic carbocycles. The van der Waals surface area contributed by atoms with Crippen LogP contribution in [0.3, 0.4) is 0 Å². The van der Waals surface area contributed by atoms with Gasteiger partial charge in [-0.2, -0.15) is 5.26 Å². The zero-order valence-corrected chi connectivity index (χ0v) is 13.3. The second kappa shape index (κ2) is 5.99. The molecule has 3 heterocycles. The van der Waals surface area contributed by atoms with E-state index in [1.165, 1.54) is 0 Å². The van der Waals surface area contributed by atoms with Crippen LogP contribution >= 0.6 is 39.5 Å². The summed E-state index contributed by atoms with van der Waals surface area (Å²) in [5.41, 5.74) is 1.53. The van der Waals surface area contributed by atoms with Crippen molar-refractivity contribution < 1.29 is 0 Å². The molecule has 0 aliphatic carbocycles. The highest BCUT2D eigenvalue weighted by atomic mass is 79.9. The Morgan fingerprint density at radius 1 is 1.40 bits per heavy atom. The van der Waals surface area contributed by atoms with Crippen LogP contribution in [0.15, 0.2) is 40.0 Å². The molecule has 2 aromatic rings. The molecule has 0 saturated carbocycles. The first-order valence-electron chi connectivity index (χ1n) is 5.68. The van der Waals surface area contributed by atoms with Gasteiger partial charge in [-0.25, -0.2) is 9.97 Å². The number of nitriles is 1. The van der Waals surface area contributed by atoms with E-state index >= 15 is 0 Å². The number of rotatable bonds is 2. The van der Waals surface area contributed by atoms with Gasteiger partial charge in [0.05, 0.1) is 21.5 Å². The van der Waals surface area contributed by atoms with Crippen LogP contribution in [0, 0.1) is 11.3 Å². The minimum atomic E-state index is 0.199. The third-order valence-corrected chi connectivity index (χ3v) is 6.16. The second-order valence-electron chi connectivity index (χ2n) is 3.87. The average Bonchev–Trinajstić information content (AvgIpc) is 3.12. The number of imidazole rings is 1. The van der Waals surface area contributed by atoms with Crippen molar-refractivity contribution in [1.82, 2.24) is 19.5 Å². The molecule has 0 N–H and O–H groups in total. The molecule has 0 bridgehead atoms. The monoisotopic (exact) mass is 365 g/mol. The molecule has 3 rings (SSSR count). The van der Waals surface area contributed by atoms with Crippen LogP contribution in [-0.2, 0) is 0 Å². The van der Waals surface area contributed by atoms with Crippen LogP contribution in [0.25, 0.3) is 5.70 Å². The van der Waals surface area contributed by atoms with E-state index in [0.29, 0.717) is 5.70 Å². The van der Waals surface area contributed by atoms with E-state index in [1.54, 1.807) is 59.2 Å². The highest BCUT2D eigenvalue weighted by molar-refractivity contribution is 9.10. The van der Waals surface area contributed by atoms with E-state index in [-0.39, 0.29) is 5.25 Å². The third-order valence-electron chi connectivity index (χ3n) is 2.66. The predicted molar refractivity (Wildman–Crippen MR) is 83.6 cm³/mol. The number of thioether (sulfide) groups is 2. The summed E-state index contributed by atoms with van der Waals surface area (Å²) in [7, 11) is 0. The molecule has 0 spiro atoms. The average molecular weight is 366 g/mol. The van der Waals surface area contributed by atoms with Gasteiger partial charge in [0.25, 0.3) is 0 Å². The van der Waals surface area contributed by atoms with Gasteiger partial charge in [0.15, 0.2) is 0 Å². The second-order valence-corrected chi connectivity index (χ2v) is 7.12. The van der Waals surface area contributed by atoms with Crippen LogP contribution in [-0.4, -0.2) is 25.3 Å². The van der Waals surface area contributed by atoms with E-state index in [2.05, 4.69) is 37.0 Å². The number of aromatic nitrogens is 4. The van der Waals surface area contributed by atoms with Gasteiger partial charge in [-0.15, -0.1) is 23.5 Å². The van der Waals surface area contributed by atoms with Crippen LogP contribution in [0.5, 0.6) is 0 Å². The maximum Gasteiger partial charge on any atom is 0.145 e. The fraction of sp³-hybridized carbons (Fsp3) is 0.167. The molecule has 8 heteroatoms. The zero-order chi connectivity index (χ0) is 13.9. The van der Waals surface area contributed by atoms with E-state index in [0.717, 1.165) is 20.3 Å². The quantitative estimate of drug-likeness (QED) is 0.760. The predicted octanol–water partition coefficient (Wildman–Crippen LogP) is 3.31. The Kier molecular flexibility index (Phi) is 4.10. The molecule has 1 saturated heterocycles. The SMILES string of the molecule is N#CC(=C1SCC(c2nccnc2Br)S1)n1ccnc1. The van der Waals surface area contributed by atoms with Crippen LogP contribution in [0.2, 0.25) is 0 Å². The molecule has 1 aliphatic rings. The Morgan fingerprint density at radius 3 is 2.95 bits per heavy atom. The van der Waals surface area contributed by atoms with E-state index in [1.807, 2.05) is 0 Å². The van der Waals surface area contributed by atoms with Gasteiger partial charge in [-0.3, -0.25) is 9.55 Å². The summed E-state index contributed by atoms with van der Waals surface area (Å²) in [4.78, 5) is 12.6. The van der Waals surface area contributed by atoms with Crippen molar-refractivity contribution in [2.45, 2.75) is 5.25 Å². The highest BCUT2D eigenvalue weighted by Gasteiger charge is 2.28. The number of nitrogens with zero attached hydrogens (tertiary/aromatic N) is 5. The fourth-order valence-corrected chi connectivity index (χ4v) is 5.26. The number of halogens is 1. The van der Waals surface area contributed by atoms with Gasteiger partial charge in [0, 0.05) is 30.5 Å². The lowest BCUT2D eigenvalue weighted by Gasteiger charge is -2.07. The third kappa shape index (κ3) is 2.61. The van der Waals surface area contributed by atoms with Gasteiger partial charge in [-0.05, 0) is 15.9 Å².